The van der Waals surface area contributed by atoms with Crippen molar-refractivity contribution in [3.8, 4) is 0 Å². The smallest absolute Gasteiger partial charge is 0.251 e. The molecule has 1 aliphatic carbocycles. The van der Waals surface area contributed by atoms with E-state index in [1.165, 1.54) is 25.2 Å². The molecule has 3 heterocycles. The highest BCUT2D eigenvalue weighted by molar-refractivity contribution is 5.94. The number of nitrogens with one attached hydrogen (secondary N) is 4. The number of amides is 2. The Labute approximate surface area is 188 Å². The number of carbonyl (C=O) groups is 2. The molecule has 1 aliphatic heterocycles. The Balaban J connectivity index is 1.53. The maximum atomic E-state index is 14.7. The molecule has 168 valence electrons. The highest BCUT2D eigenvalue weighted by Gasteiger charge is 2.24. The monoisotopic (exact) mass is 447 g/mol. The second-order valence-corrected chi connectivity index (χ2v) is 8.05. The molecule has 1 aromatic carbocycles. The summed E-state index contributed by atoms with van der Waals surface area (Å²) in [4.78, 5) is 28.1. The lowest BCUT2D eigenvalue weighted by molar-refractivity contribution is -0.118. The van der Waals surface area contributed by atoms with Crippen LogP contribution >= 0.6 is 0 Å². The van der Waals surface area contributed by atoms with Gasteiger partial charge in [-0.05, 0) is 42.7 Å². The third-order valence-corrected chi connectivity index (χ3v) is 5.51. The van der Waals surface area contributed by atoms with Crippen LogP contribution in [0.4, 0.5) is 21.7 Å². The van der Waals surface area contributed by atoms with Crippen LogP contribution in [0.2, 0.25) is 0 Å². The number of carbonyl (C=O) groups excluding carboxylic acids is 2. The summed E-state index contributed by atoms with van der Waals surface area (Å²) < 4.78 is 16.4. The number of anilines is 3. The zero-order chi connectivity index (χ0) is 23.1. The zero-order valence-electron chi connectivity index (χ0n) is 17.9. The van der Waals surface area contributed by atoms with E-state index in [0.717, 1.165) is 24.2 Å². The summed E-state index contributed by atoms with van der Waals surface area (Å²) in [6.45, 7) is 3.88. The standard InChI is InChI=1S/C23H22FN7O2/c1-12-14(9-21(32)27-12)7-15-11-26-31-20(28-16-4-5-16)10-19(30-22(15)31)29-18-6-3-13(8-17(18)24)23(33)25-2/h3,6-8,10-11,16,28H,1,4-5,9H2,2H3,(H,25,33)(H,27,32)(H,29,30)/b14-7+. The molecule has 0 atom stereocenters. The van der Waals surface area contributed by atoms with E-state index in [1.54, 1.807) is 16.8 Å². The first-order valence-corrected chi connectivity index (χ1v) is 10.5. The summed E-state index contributed by atoms with van der Waals surface area (Å²) in [5.41, 5.74) is 3.00. The van der Waals surface area contributed by atoms with Gasteiger partial charge in [0, 0.05) is 36.0 Å². The van der Waals surface area contributed by atoms with Crippen molar-refractivity contribution in [1.82, 2.24) is 25.2 Å². The van der Waals surface area contributed by atoms with Gasteiger partial charge in [-0.3, -0.25) is 9.59 Å². The molecule has 9 nitrogen and oxygen atoms in total. The highest BCUT2D eigenvalue weighted by Crippen LogP contribution is 2.30. The van der Waals surface area contributed by atoms with Gasteiger partial charge in [-0.15, -0.1) is 0 Å². The Bertz CT molecular complexity index is 1340. The van der Waals surface area contributed by atoms with Crippen LogP contribution < -0.4 is 21.3 Å². The molecular formula is C23H22FN7O2. The minimum atomic E-state index is -0.572. The van der Waals surface area contributed by atoms with Crippen molar-refractivity contribution >= 4 is 40.9 Å². The van der Waals surface area contributed by atoms with E-state index in [2.05, 4.69) is 37.9 Å². The number of hydrogen-bond acceptors (Lipinski definition) is 6. The lowest BCUT2D eigenvalue weighted by Gasteiger charge is -2.12. The average molecular weight is 447 g/mol. The van der Waals surface area contributed by atoms with Crippen molar-refractivity contribution in [2.75, 3.05) is 17.7 Å². The van der Waals surface area contributed by atoms with Gasteiger partial charge >= 0.3 is 0 Å². The summed E-state index contributed by atoms with van der Waals surface area (Å²) in [5, 5.41) is 16.1. The lowest BCUT2D eigenvalue weighted by Crippen LogP contribution is -2.18. The zero-order valence-corrected chi connectivity index (χ0v) is 17.9. The van der Waals surface area contributed by atoms with Gasteiger partial charge in [-0.25, -0.2) is 9.37 Å². The molecule has 0 unspecified atom stereocenters. The van der Waals surface area contributed by atoms with E-state index in [1.807, 2.05) is 6.08 Å². The number of rotatable bonds is 6. The van der Waals surface area contributed by atoms with E-state index in [0.29, 0.717) is 28.8 Å². The van der Waals surface area contributed by atoms with Gasteiger partial charge < -0.3 is 21.3 Å². The van der Waals surface area contributed by atoms with Crippen molar-refractivity contribution in [3.63, 3.8) is 0 Å². The van der Waals surface area contributed by atoms with Crippen LogP contribution in [0, 0.1) is 5.82 Å². The van der Waals surface area contributed by atoms with E-state index >= 15 is 0 Å². The van der Waals surface area contributed by atoms with Gasteiger partial charge in [-0.2, -0.15) is 9.61 Å². The van der Waals surface area contributed by atoms with Crippen molar-refractivity contribution in [1.29, 1.82) is 0 Å². The van der Waals surface area contributed by atoms with Crippen molar-refractivity contribution in [3.05, 3.63) is 65.3 Å². The molecule has 0 bridgehead atoms. The fraction of sp³-hybridized carbons (Fsp3) is 0.217. The topological polar surface area (TPSA) is 112 Å². The van der Waals surface area contributed by atoms with E-state index in [-0.39, 0.29) is 29.5 Å². The molecular weight excluding hydrogens is 425 g/mol. The molecule has 2 aromatic heterocycles. The van der Waals surface area contributed by atoms with Crippen LogP contribution in [0.3, 0.4) is 0 Å². The molecule has 3 aromatic rings. The third kappa shape index (κ3) is 4.14. The summed E-state index contributed by atoms with van der Waals surface area (Å²) >= 11 is 0. The second kappa shape index (κ2) is 8.05. The van der Waals surface area contributed by atoms with Gasteiger partial charge in [0.15, 0.2) is 5.65 Å². The molecule has 2 amide bonds. The van der Waals surface area contributed by atoms with Crippen LogP contribution in [0.1, 0.15) is 35.2 Å². The van der Waals surface area contributed by atoms with Crippen LogP contribution in [0.25, 0.3) is 11.7 Å². The minimum Gasteiger partial charge on any atom is -0.367 e. The molecule has 2 aliphatic rings. The Kier molecular flexibility index (Phi) is 5.04. The summed E-state index contributed by atoms with van der Waals surface area (Å²) in [7, 11) is 1.49. The molecule has 5 rings (SSSR count). The van der Waals surface area contributed by atoms with Crippen LogP contribution in [0.15, 0.2) is 48.3 Å². The Morgan fingerprint density at radius 2 is 2.15 bits per heavy atom. The van der Waals surface area contributed by atoms with Gasteiger partial charge in [0.2, 0.25) is 5.91 Å². The van der Waals surface area contributed by atoms with Gasteiger partial charge in [0.25, 0.3) is 5.91 Å². The van der Waals surface area contributed by atoms with Crippen LogP contribution in [0.5, 0.6) is 0 Å². The number of aromatic nitrogens is 3. The van der Waals surface area contributed by atoms with Crippen LogP contribution in [-0.2, 0) is 4.79 Å². The molecule has 1 saturated heterocycles. The maximum absolute atomic E-state index is 14.7. The molecule has 0 radical (unpaired) electrons. The Morgan fingerprint density at radius 3 is 2.82 bits per heavy atom. The average Bonchev–Trinajstić information content (AvgIpc) is 3.43. The predicted octanol–water partition coefficient (Wildman–Crippen LogP) is 2.96. The van der Waals surface area contributed by atoms with Crippen molar-refractivity contribution < 1.29 is 14.0 Å². The first-order chi connectivity index (χ1) is 15.9. The number of allylic oxidation sites excluding steroid dienone is 1. The maximum Gasteiger partial charge on any atom is 0.251 e. The van der Waals surface area contributed by atoms with E-state index in [4.69, 9.17) is 0 Å². The normalized spacial score (nSPS) is 16.8. The number of benzene rings is 1. The predicted molar refractivity (Wildman–Crippen MR) is 123 cm³/mol. The minimum absolute atomic E-state index is 0.107. The first kappa shape index (κ1) is 20.7. The largest absolute Gasteiger partial charge is 0.367 e. The van der Waals surface area contributed by atoms with Crippen LogP contribution in [-0.4, -0.2) is 39.5 Å². The van der Waals surface area contributed by atoms with Gasteiger partial charge in [-0.1, -0.05) is 6.58 Å². The summed E-state index contributed by atoms with van der Waals surface area (Å²) in [6, 6.07) is 6.33. The molecule has 0 spiro atoms. The summed E-state index contributed by atoms with van der Waals surface area (Å²) in [6.07, 6.45) is 5.87. The lowest BCUT2D eigenvalue weighted by atomic mass is 10.1. The molecule has 33 heavy (non-hydrogen) atoms. The van der Waals surface area contributed by atoms with E-state index < -0.39 is 5.82 Å². The molecule has 1 saturated carbocycles. The third-order valence-electron chi connectivity index (χ3n) is 5.51. The number of nitrogens with zero attached hydrogens (tertiary/aromatic N) is 3. The molecule has 4 N–H and O–H groups in total. The number of hydrogen-bond donors (Lipinski definition) is 4. The Hall–Kier alpha value is -4.21. The number of fused-ring (bicyclic) bond motifs is 1. The van der Waals surface area contributed by atoms with Crippen molar-refractivity contribution in [2.45, 2.75) is 25.3 Å². The van der Waals surface area contributed by atoms with Gasteiger partial charge in [0.1, 0.15) is 17.5 Å². The quantitative estimate of drug-likeness (QED) is 0.462. The Morgan fingerprint density at radius 1 is 1.33 bits per heavy atom. The summed E-state index contributed by atoms with van der Waals surface area (Å²) in [5.74, 6) is 0.0876. The number of halogens is 1. The van der Waals surface area contributed by atoms with Gasteiger partial charge in [0.05, 0.1) is 18.3 Å². The fourth-order valence-electron chi connectivity index (χ4n) is 3.62. The fourth-order valence-corrected chi connectivity index (χ4v) is 3.62. The van der Waals surface area contributed by atoms with E-state index in [9.17, 15) is 14.0 Å². The molecule has 10 heteroatoms. The first-order valence-electron chi connectivity index (χ1n) is 10.5. The second-order valence-electron chi connectivity index (χ2n) is 8.05. The highest BCUT2D eigenvalue weighted by atomic mass is 19.1. The SMILES string of the molecule is C=C1NC(=O)C/C1=C\c1cnn2c(NC3CC3)cc(Nc3ccc(C(=O)NC)cc3F)nc12. The van der Waals surface area contributed by atoms with Crippen molar-refractivity contribution in [2.24, 2.45) is 0 Å². The molecule has 2 fully saturated rings.